The summed E-state index contributed by atoms with van der Waals surface area (Å²) in [5, 5.41) is 0. The second-order valence-corrected chi connectivity index (χ2v) is 4.19. The van der Waals surface area contributed by atoms with Crippen LogP contribution in [0.2, 0.25) is 0 Å². The molecule has 0 radical (unpaired) electrons. The molecule has 0 unspecified atom stereocenters. The number of halogens is 1. The number of rotatable bonds is 5. The van der Waals surface area contributed by atoms with Gasteiger partial charge in [0, 0.05) is 5.56 Å². The average molecular weight is 244 g/mol. The third kappa shape index (κ3) is 2.89. The Bertz CT molecular complexity index is 494. The monoisotopic (exact) mass is 244 g/mol. The van der Waals surface area contributed by atoms with E-state index in [4.69, 9.17) is 4.74 Å². The second-order valence-electron chi connectivity index (χ2n) is 4.19. The number of hydrogen-bond donors (Lipinski definition) is 0. The Labute approximate surface area is 107 Å². The minimum absolute atomic E-state index is 0.278. The van der Waals surface area contributed by atoms with Crippen LogP contribution in [0.1, 0.15) is 19.8 Å². The Kier molecular flexibility index (Phi) is 4.35. The van der Waals surface area contributed by atoms with Crippen molar-refractivity contribution in [3.63, 3.8) is 0 Å². The van der Waals surface area contributed by atoms with Crippen LogP contribution in [-0.2, 0) is 0 Å². The van der Waals surface area contributed by atoms with E-state index in [-0.39, 0.29) is 5.82 Å². The largest absolute Gasteiger partial charge is 0.490 e. The van der Waals surface area contributed by atoms with Crippen LogP contribution in [0.5, 0.6) is 5.75 Å². The number of hydrogen-bond acceptors (Lipinski definition) is 1. The summed E-state index contributed by atoms with van der Waals surface area (Å²) in [6, 6.07) is 14.8. The molecule has 1 nitrogen and oxygen atoms in total. The third-order valence-corrected chi connectivity index (χ3v) is 2.80. The fourth-order valence-electron chi connectivity index (χ4n) is 1.79. The van der Waals surface area contributed by atoms with Crippen molar-refractivity contribution in [2.45, 2.75) is 19.8 Å². The average Bonchev–Trinajstić information content (AvgIpc) is 2.42. The van der Waals surface area contributed by atoms with Crippen molar-refractivity contribution in [3.05, 3.63) is 54.3 Å². The Hall–Kier alpha value is -1.83. The SMILES string of the molecule is CCCCOc1cccc(-c2ccccc2)c1F. The quantitative estimate of drug-likeness (QED) is 0.694. The summed E-state index contributed by atoms with van der Waals surface area (Å²) in [6.45, 7) is 2.64. The molecule has 0 aromatic heterocycles. The first kappa shape index (κ1) is 12.6. The maximum absolute atomic E-state index is 14.3. The number of benzene rings is 2. The van der Waals surface area contributed by atoms with E-state index in [2.05, 4.69) is 6.92 Å². The van der Waals surface area contributed by atoms with E-state index in [0.29, 0.717) is 17.9 Å². The normalized spacial score (nSPS) is 10.3. The van der Waals surface area contributed by atoms with Crippen molar-refractivity contribution in [1.29, 1.82) is 0 Å². The molecule has 94 valence electrons. The minimum atomic E-state index is -0.278. The van der Waals surface area contributed by atoms with Gasteiger partial charge in [-0.2, -0.15) is 0 Å². The summed E-state index contributed by atoms with van der Waals surface area (Å²) in [5.41, 5.74) is 1.46. The summed E-state index contributed by atoms with van der Waals surface area (Å²) < 4.78 is 19.7. The fraction of sp³-hybridized carbons (Fsp3) is 0.250. The lowest BCUT2D eigenvalue weighted by atomic mass is 10.1. The zero-order valence-electron chi connectivity index (χ0n) is 10.5. The molecule has 0 saturated carbocycles. The predicted molar refractivity (Wildman–Crippen MR) is 72.2 cm³/mol. The lowest BCUT2D eigenvalue weighted by molar-refractivity contribution is 0.294. The zero-order valence-corrected chi connectivity index (χ0v) is 10.5. The van der Waals surface area contributed by atoms with Gasteiger partial charge in [-0.3, -0.25) is 0 Å². The van der Waals surface area contributed by atoms with Gasteiger partial charge in [0.05, 0.1) is 6.61 Å². The summed E-state index contributed by atoms with van der Waals surface area (Å²) in [7, 11) is 0. The van der Waals surface area contributed by atoms with E-state index >= 15 is 0 Å². The molecular weight excluding hydrogens is 227 g/mol. The third-order valence-electron chi connectivity index (χ3n) is 2.80. The minimum Gasteiger partial charge on any atom is -0.490 e. The van der Waals surface area contributed by atoms with Crippen LogP contribution in [0.25, 0.3) is 11.1 Å². The van der Waals surface area contributed by atoms with Crippen LogP contribution < -0.4 is 4.74 Å². The van der Waals surface area contributed by atoms with Crippen molar-refractivity contribution in [2.75, 3.05) is 6.61 Å². The van der Waals surface area contributed by atoms with E-state index in [1.807, 2.05) is 36.4 Å². The van der Waals surface area contributed by atoms with Crippen LogP contribution in [0, 0.1) is 5.82 Å². The molecule has 2 heteroatoms. The highest BCUT2D eigenvalue weighted by Crippen LogP contribution is 2.28. The first-order chi connectivity index (χ1) is 8.83. The van der Waals surface area contributed by atoms with Gasteiger partial charge in [0.1, 0.15) is 0 Å². The van der Waals surface area contributed by atoms with Crippen molar-refractivity contribution in [1.82, 2.24) is 0 Å². The molecule has 0 aliphatic carbocycles. The molecule has 2 aromatic rings. The lowest BCUT2D eigenvalue weighted by Gasteiger charge is -2.10. The van der Waals surface area contributed by atoms with Crippen LogP contribution in [0.4, 0.5) is 4.39 Å². The Morgan fingerprint density at radius 1 is 1.00 bits per heavy atom. The molecule has 2 aromatic carbocycles. The molecule has 2 rings (SSSR count). The van der Waals surface area contributed by atoms with E-state index in [1.54, 1.807) is 12.1 Å². The standard InChI is InChI=1S/C16H17FO/c1-2-3-12-18-15-11-7-10-14(16(15)17)13-8-5-4-6-9-13/h4-11H,2-3,12H2,1H3. The molecule has 0 fully saturated rings. The van der Waals surface area contributed by atoms with Gasteiger partial charge in [0.15, 0.2) is 11.6 Å². The molecule has 18 heavy (non-hydrogen) atoms. The Morgan fingerprint density at radius 2 is 1.78 bits per heavy atom. The van der Waals surface area contributed by atoms with Crippen LogP contribution in [0.3, 0.4) is 0 Å². The highest BCUT2D eigenvalue weighted by Gasteiger charge is 2.10. The lowest BCUT2D eigenvalue weighted by Crippen LogP contribution is -1.99. The molecule has 0 aliphatic rings. The maximum Gasteiger partial charge on any atom is 0.172 e. The second kappa shape index (κ2) is 6.20. The molecular formula is C16H17FO. The van der Waals surface area contributed by atoms with E-state index < -0.39 is 0 Å². The first-order valence-electron chi connectivity index (χ1n) is 6.29. The molecule has 0 bridgehead atoms. The van der Waals surface area contributed by atoms with Crippen molar-refractivity contribution < 1.29 is 9.13 Å². The van der Waals surface area contributed by atoms with Gasteiger partial charge in [0.25, 0.3) is 0 Å². The van der Waals surface area contributed by atoms with Crippen molar-refractivity contribution in [2.24, 2.45) is 0 Å². The van der Waals surface area contributed by atoms with Gasteiger partial charge in [-0.25, -0.2) is 4.39 Å². The highest BCUT2D eigenvalue weighted by atomic mass is 19.1. The molecule has 0 atom stereocenters. The fourth-order valence-corrected chi connectivity index (χ4v) is 1.79. The molecule has 0 heterocycles. The summed E-state index contributed by atoms with van der Waals surface area (Å²) >= 11 is 0. The van der Waals surface area contributed by atoms with Gasteiger partial charge >= 0.3 is 0 Å². The van der Waals surface area contributed by atoms with Crippen LogP contribution >= 0.6 is 0 Å². The molecule has 0 spiro atoms. The van der Waals surface area contributed by atoms with E-state index in [0.717, 1.165) is 18.4 Å². The van der Waals surface area contributed by atoms with Gasteiger partial charge in [-0.05, 0) is 18.1 Å². The zero-order chi connectivity index (χ0) is 12.8. The molecule has 0 aliphatic heterocycles. The summed E-state index contributed by atoms with van der Waals surface area (Å²) in [5.74, 6) is 0.0598. The van der Waals surface area contributed by atoms with Gasteiger partial charge < -0.3 is 4.74 Å². The van der Waals surface area contributed by atoms with Crippen molar-refractivity contribution in [3.8, 4) is 16.9 Å². The van der Waals surface area contributed by atoms with Gasteiger partial charge in [-0.15, -0.1) is 0 Å². The predicted octanol–water partition coefficient (Wildman–Crippen LogP) is 4.67. The van der Waals surface area contributed by atoms with Gasteiger partial charge in [-0.1, -0.05) is 55.8 Å². The number of unbranched alkanes of at least 4 members (excludes halogenated alkanes) is 1. The van der Waals surface area contributed by atoms with Crippen LogP contribution in [-0.4, -0.2) is 6.61 Å². The molecule has 0 saturated heterocycles. The summed E-state index contributed by atoms with van der Waals surface area (Å²) in [6.07, 6.45) is 1.98. The highest BCUT2D eigenvalue weighted by molar-refractivity contribution is 5.65. The Morgan fingerprint density at radius 3 is 2.50 bits per heavy atom. The van der Waals surface area contributed by atoms with Gasteiger partial charge in [0.2, 0.25) is 0 Å². The van der Waals surface area contributed by atoms with Crippen LogP contribution in [0.15, 0.2) is 48.5 Å². The number of ether oxygens (including phenoxy) is 1. The first-order valence-corrected chi connectivity index (χ1v) is 6.29. The van der Waals surface area contributed by atoms with E-state index in [9.17, 15) is 4.39 Å². The molecule has 0 amide bonds. The van der Waals surface area contributed by atoms with E-state index in [1.165, 1.54) is 0 Å². The van der Waals surface area contributed by atoms with Crippen molar-refractivity contribution >= 4 is 0 Å². The smallest absolute Gasteiger partial charge is 0.172 e. The maximum atomic E-state index is 14.3. The summed E-state index contributed by atoms with van der Waals surface area (Å²) in [4.78, 5) is 0. The molecule has 0 N–H and O–H groups in total. The Balaban J connectivity index is 2.25. The topological polar surface area (TPSA) is 9.23 Å².